The van der Waals surface area contributed by atoms with Gasteiger partial charge in [0.05, 0.1) is 12.0 Å². The quantitative estimate of drug-likeness (QED) is 0.582. The number of aliphatic hydroxyl groups excluding tert-OH is 1. The smallest absolute Gasteiger partial charge is 0.312 e. The molecule has 2 heterocycles. The van der Waals surface area contributed by atoms with Crippen LogP contribution < -0.4 is 0 Å². The van der Waals surface area contributed by atoms with E-state index >= 15 is 0 Å². The average Bonchev–Trinajstić information content (AvgIpc) is 2.82. The molecule has 0 aromatic carbocycles. The van der Waals surface area contributed by atoms with Gasteiger partial charge in [0, 0.05) is 12.3 Å². The number of aliphatic hydroxyl groups is 1. The van der Waals surface area contributed by atoms with Crippen molar-refractivity contribution in [2.75, 3.05) is 6.61 Å². The number of carbonyl (C=O) groups is 1. The van der Waals surface area contributed by atoms with Crippen LogP contribution in [0.5, 0.6) is 0 Å². The van der Waals surface area contributed by atoms with Crippen molar-refractivity contribution in [1.82, 2.24) is 0 Å². The highest BCUT2D eigenvalue weighted by molar-refractivity contribution is 5.77. The Bertz CT molecular complexity index is 615. The van der Waals surface area contributed by atoms with Crippen molar-refractivity contribution in [3.05, 3.63) is 35.1 Å². The SMILES string of the molecule is C/C=C/C1=CC2=C(CO1)C[C@]1(C)OC(=O)C([C@H](O)CCCCC)[C@H]1C2. The van der Waals surface area contributed by atoms with E-state index in [0.717, 1.165) is 31.4 Å². The monoisotopic (exact) mass is 346 g/mol. The van der Waals surface area contributed by atoms with Gasteiger partial charge in [0.2, 0.25) is 0 Å². The molecule has 1 aliphatic carbocycles. The van der Waals surface area contributed by atoms with E-state index in [4.69, 9.17) is 9.47 Å². The molecular formula is C21H30O4. The lowest BCUT2D eigenvalue weighted by atomic mass is 9.68. The van der Waals surface area contributed by atoms with Crippen molar-refractivity contribution in [2.24, 2.45) is 11.8 Å². The number of hydrogen-bond acceptors (Lipinski definition) is 4. The summed E-state index contributed by atoms with van der Waals surface area (Å²) >= 11 is 0. The molecule has 138 valence electrons. The van der Waals surface area contributed by atoms with Gasteiger partial charge in [-0.3, -0.25) is 4.79 Å². The number of ether oxygens (including phenoxy) is 2. The number of unbranched alkanes of at least 4 members (excludes halogenated alkanes) is 2. The fourth-order valence-electron chi connectivity index (χ4n) is 4.50. The molecule has 1 saturated heterocycles. The first kappa shape index (κ1) is 18.2. The van der Waals surface area contributed by atoms with Crippen LogP contribution in [0.1, 0.15) is 59.3 Å². The topological polar surface area (TPSA) is 55.8 Å². The third kappa shape index (κ3) is 3.55. The molecule has 0 saturated carbocycles. The van der Waals surface area contributed by atoms with E-state index < -0.39 is 17.6 Å². The van der Waals surface area contributed by atoms with Crippen LogP contribution in [0.3, 0.4) is 0 Å². The Morgan fingerprint density at radius 3 is 2.96 bits per heavy atom. The van der Waals surface area contributed by atoms with Gasteiger partial charge in [-0.2, -0.15) is 0 Å². The highest BCUT2D eigenvalue weighted by Gasteiger charge is 2.57. The van der Waals surface area contributed by atoms with E-state index in [9.17, 15) is 9.90 Å². The van der Waals surface area contributed by atoms with Crippen LogP contribution in [0.2, 0.25) is 0 Å². The van der Waals surface area contributed by atoms with Crippen molar-refractivity contribution in [1.29, 1.82) is 0 Å². The van der Waals surface area contributed by atoms with Gasteiger partial charge in [-0.25, -0.2) is 0 Å². The van der Waals surface area contributed by atoms with Crippen LogP contribution in [0, 0.1) is 11.8 Å². The van der Waals surface area contributed by atoms with E-state index in [2.05, 4.69) is 13.0 Å². The number of rotatable bonds is 6. The highest BCUT2D eigenvalue weighted by atomic mass is 16.6. The van der Waals surface area contributed by atoms with Gasteiger partial charge in [0.25, 0.3) is 0 Å². The maximum absolute atomic E-state index is 12.5. The Balaban J connectivity index is 1.80. The van der Waals surface area contributed by atoms with Gasteiger partial charge in [0.1, 0.15) is 18.0 Å². The highest BCUT2D eigenvalue weighted by Crippen LogP contribution is 2.51. The number of fused-ring (bicyclic) bond motifs is 1. The standard InChI is InChI=1S/C21H30O4/c1-4-6-7-9-18(22)19-17-11-14-10-16(8-5-2)24-13-15(14)12-21(17,3)25-20(19)23/h5,8,10,17-19,22H,4,6-7,9,11-13H2,1-3H3/b8-5+/t17-,18-,19?,21+/m1/s1. The molecule has 1 N–H and O–H groups in total. The van der Waals surface area contributed by atoms with Crippen LogP contribution in [0.15, 0.2) is 35.1 Å². The fourth-order valence-corrected chi connectivity index (χ4v) is 4.50. The molecule has 0 spiro atoms. The van der Waals surface area contributed by atoms with Gasteiger partial charge >= 0.3 is 5.97 Å². The van der Waals surface area contributed by atoms with Gasteiger partial charge in [-0.15, -0.1) is 0 Å². The Labute approximate surface area is 150 Å². The van der Waals surface area contributed by atoms with Gasteiger partial charge in [-0.05, 0) is 50.0 Å². The fraction of sp³-hybridized carbons (Fsp3) is 0.667. The van der Waals surface area contributed by atoms with Crippen LogP contribution in [-0.4, -0.2) is 29.4 Å². The number of esters is 1. The third-order valence-electron chi connectivity index (χ3n) is 5.86. The Morgan fingerprint density at radius 1 is 1.44 bits per heavy atom. The summed E-state index contributed by atoms with van der Waals surface area (Å²) in [5.41, 5.74) is 1.97. The maximum atomic E-state index is 12.5. The van der Waals surface area contributed by atoms with Crippen molar-refractivity contribution < 1.29 is 19.4 Å². The molecule has 0 aromatic rings. The largest absolute Gasteiger partial charge is 0.489 e. The first-order valence-electron chi connectivity index (χ1n) is 9.57. The van der Waals surface area contributed by atoms with E-state index in [0.29, 0.717) is 19.4 Å². The van der Waals surface area contributed by atoms with Crippen LogP contribution in [0.4, 0.5) is 0 Å². The number of allylic oxidation sites excluding steroid dienone is 4. The van der Waals surface area contributed by atoms with E-state index in [1.807, 2.05) is 26.0 Å². The minimum atomic E-state index is -0.605. The summed E-state index contributed by atoms with van der Waals surface area (Å²) in [6, 6.07) is 0. The average molecular weight is 346 g/mol. The zero-order valence-corrected chi connectivity index (χ0v) is 15.6. The summed E-state index contributed by atoms with van der Waals surface area (Å²) in [5, 5.41) is 10.7. The second-order valence-corrected chi connectivity index (χ2v) is 7.77. The van der Waals surface area contributed by atoms with E-state index in [-0.39, 0.29) is 11.9 Å². The van der Waals surface area contributed by atoms with Crippen molar-refractivity contribution in [3.8, 4) is 0 Å². The zero-order chi connectivity index (χ0) is 18.0. The lowest BCUT2D eigenvalue weighted by Gasteiger charge is -2.39. The first-order chi connectivity index (χ1) is 12.0. The number of carbonyl (C=O) groups excluding carboxylic acids is 1. The normalized spacial score (nSPS) is 32.8. The lowest BCUT2D eigenvalue weighted by molar-refractivity contribution is -0.151. The van der Waals surface area contributed by atoms with Crippen LogP contribution in [-0.2, 0) is 14.3 Å². The van der Waals surface area contributed by atoms with E-state index in [1.165, 1.54) is 11.1 Å². The molecule has 25 heavy (non-hydrogen) atoms. The van der Waals surface area contributed by atoms with Crippen LogP contribution >= 0.6 is 0 Å². The minimum absolute atomic E-state index is 0.0385. The lowest BCUT2D eigenvalue weighted by Crippen LogP contribution is -2.41. The molecule has 4 atom stereocenters. The minimum Gasteiger partial charge on any atom is -0.489 e. The van der Waals surface area contributed by atoms with Crippen molar-refractivity contribution in [2.45, 2.75) is 71.0 Å². The van der Waals surface area contributed by atoms with Crippen molar-refractivity contribution >= 4 is 5.97 Å². The van der Waals surface area contributed by atoms with Gasteiger partial charge in [-0.1, -0.05) is 32.3 Å². The molecule has 3 aliphatic rings. The molecule has 0 amide bonds. The summed E-state index contributed by atoms with van der Waals surface area (Å²) in [6.45, 7) is 6.69. The molecule has 0 aromatic heterocycles. The predicted molar refractivity (Wildman–Crippen MR) is 96.7 cm³/mol. The zero-order valence-electron chi connectivity index (χ0n) is 15.6. The Morgan fingerprint density at radius 2 is 2.24 bits per heavy atom. The maximum Gasteiger partial charge on any atom is 0.312 e. The van der Waals surface area contributed by atoms with Gasteiger partial charge < -0.3 is 14.6 Å². The molecule has 2 aliphatic heterocycles. The summed E-state index contributed by atoms with van der Waals surface area (Å²) in [5.74, 6) is 0.277. The van der Waals surface area contributed by atoms with Gasteiger partial charge in [0.15, 0.2) is 0 Å². The molecule has 3 rings (SSSR count). The number of hydrogen-bond donors (Lipinski definition) is 1. The molecule has 1 unspecified atom stereocenters. The Kier molecular flexibility index (Phi) is 5.38. The summed E-state index contributed by atoms with van der Waals surface area (Å²) < 4.78 is 11.6. The van der Waals surface area contributed by atoms with E-state index in [1.54, 1.807) is 0 Å². The molecule has 4 nitrogen and oxygen atoms in total. The molecular weight excluding hydrogens is 316 g/mol. The second kappa shape index (κ2) is 7.36. The summed E-state index contributed by atoms with van der Waals surface area (Å²) in [4.78, 5) is 12.5. The summed E-state index contributed by atoms with van der Waals surface area (Å²) in [6.07, 6.45) is 10.7. The summed E-state index contributed by atoms with van der Waals surface area (Å²) in [7, 11) is 0. The van der Waals surface area contributed by atoms with Crippen molar-refractivity contribution in [3.63, 3.8) is 0 Å². The molecule has 1 fully saturated rings. The first-order valence-corrected chi connectivity index (χ1v) is 9.57. The Hall–Kier alpha value is -1.55. The third-order valence-corrected chi connectivity index (χ3v) is 5.86. The molecule has 0 bridgehead atoms. The molecule has 0 radical (unpaired) electrons. The predicted octanol–water partition coefficient (Wildman–Crippen LogP) is 4.06. The molecule has 4 heteroatoms. The second-order valence-electron chi connectivity index (χ2n) is 7.77. The van der Waals surface area contributed by atoms with Crippen LogP contribution in [0.25, 0.3) is 0 Å².